The Morgan fingerprint density at radius 2 is 2.00 bits per heavy atom. The lowest BCUT2D eigenvalue weighted by Gasteiger charge is -2.09. The maximum atomic E-state index is 12.2. The van der Waals surface area contributed by atoms with Crippen LogP contribution in [0, 0.1) is 6.92 Å². The van der Waals surface area contributed by atoms with Crippen LogP contribution in [0.1, 0.15) is 36.0 Å². The van der Waals surface area contributed by atoms with E-state index >= 15 is 0 Å². The fourth-order valence-electron chi connectivity index (χ4n) is 2.79. The Kier molecular flexibility index (Phi) is 4.96. The lowest BCUT2D eigenvalue weighted by Crippen LogP contribution is -2.14. The zero-order valence-corrected chi connectivity index (χ0v) is 14.4. The number of nitrogens with one attached hydrogen (secondary N) is 1. The Morgan fingerprint density at radius 1 is 1.22 bits per heavy atom. The van der Waals surface area contributed by atoms with Crippen LogP contribution in [0.3, 0.4) is 0 Å². The summed E-state index contributed by atoms with van der Waals surface area (Å²) in [5, 5.41) is 3.92. The lowest BCUT2D eigenvalue weighted by molar-refractivity contribution is -0.113. The number of benzene rings is 1. The number of carbonyl (C=O) groups excluding carboxylic acids is 1. The summed E-state index contributed by atoms with van der Waals surface area (Å²) in [5.74, 6) is 1.17. The van der Waals surface area contributed by atoms with E-state index in [0.717, 1.165) is 47.9 Å². The van der Waals surface area contributed by atoms with Gasteiger partial charge in [-0.15, -0.1) is 0 Å². The molecule has 0 unspecified atom stereocenters. The van der Waals surface area contributed by atoms with Crippen LogP contribution in [0.2, 0.25) is 0 Å². The van der Waals surface area contributed by atoms with Gasteiger partial charge in [0.15, 0.2) is 0 Å². The molecule has 0 saturated carbocycles. The van der Waals surface area contributed by atoms with Gasteiger partial charge in [0.05, 0.1) is 5.75 Å². The minimum atomic E-state index is 0.00209. The molecule has 1 heterocycles. The van der Waals surface area contributed by atoms with Crippen molar-refractivity contribution in [3.63, 3.8) is 0 Å². The molecule has 0 spiro atoms. The molecule has 4 nitrogen and oxygen atoms in total. The SMILES string of the molecule is CCc1ccc(NC(=O)CSc2nc(C)nc3c2CCC3)cc1. The number of fused-ring (bicyclic) bond motifs is 1. The van der Waals surface area contributed by atoms with Gasteiger partial charge in [-0.3, -0.25) is 4.79 Å². The maximum Gasteiger partial charge on any atom is 0.234 e. The van der Waals surface area contributed by atoms with Gasteiger partial charge >= 0.3 is 0 Å². The number of hydrogen-bond donors (Lipinski definition) is 1. The molecule has 1 aromatic heterocycles. The highest BCUT2D eigenvalue weighted by atomic mass is 32.2. The molecule has 0 radical (unpaired) electrons. The molecule has 2 aromatic rings. The Hall–Kier alpha value is -1.88. The lowest BCUT2D eigenvalue weighted by atomic mass is 10.1. The summed E-state index contributed by atoms with van der Waals surface area (Å²) in [5.41, 5.74) is 4.51. The zero-order chi connectivity index (χ0) is 16.2. The van der Waals surface area contributed by atoms with Crippen LogP contribution in [0.4, 0.5) is 5.69 Å². The van der Waals surface area contributed by atoms with Gasteiger partial charge in [0.2, 0.25) is 5.91 Å². The highest BCUT2D eigenvalue weighted by Gasteiger charge is 2.19. The Morgan fingerprint density at radius 3 is 2.74 bits per heavy atom. The summed E-state index contributed by atoms with van der Waals surface area (Å²) in [7, 11) is 0. The molecule has 0 saturated heterocycles. The molecule has 0 atom stereocenters. The minimum absolute atomic E-state index is 0.00209. The Bertz CT molecular complexity index is 713. The van der Waals surface area contributed by atoms with Gasteiger partial charge in [0.1, 0.15) is 10.9 Å². The minimum Gasteiger partial charge on any atom is -0.325 e. The number of aromatic nitrogens is 2. The number of thioether (sulfide) groups is 1. The normalized spacial score (nSPS) is 13.0. The first kappa shape index (κ1) is 16.0. The Labute approximate surface area is 141 Å². The molecule has 5 heteroatoms. The molecule has 1 amide bonds. The number of aryl methyl sites for hydroxylation is 3. The summed E-state index contributed by atoms with van der Waals surface area (Å²) in [4.78, 5) is 21.2. The fraction of sp³-hybridized carbons (Fsp3) is 0.389. The predicted molar refractivity (Wildman–Crippen MR) is 94.0 cm³/mol. The molecule has 120 valence electrons. The molecular weight excluding hydrogens is 306 g/mol. The summed E-state index contributed by atoms with van der Waals surface area (Å²) in [6.07, 6.45) is 4.19. The van der Waals surface area contributed by atoms with Crippen molar-refractivity contribution in [2.75, 3.05) is 11.1 Å². The highest BCUT2D eigenvalue weighted by molar-refractivity contribution is 8.00. The maximum absolute atomic E-state index is 12.2. The van der Waals surface area contributed by atoms with Gasteiger partial charge < -0.3 is 5.32 Å². The van der Waals surface area contributed by atoms with E-state index in [1.54, 1.807) is 0 Å². The fourth-order valence-corrected chi connectivity index (χ4v) is 3.72. The average molecular weight is 327 g/mol. The van der Waals surface area contributed by atoms with Crippen LogP contribution in [0.15, 0.2) is 29.3 Å². The number of carbonyl (C=O) groups is 1. The molecule has 0 fully saturated rings. The molecule has 1 N–H and O–H groups in total. The first-order chi connectivity index (χ1) is 11.2. The van der Waals surface area contributed by atoms with Crippen molar-refractivity contribution in [2.24, 2.45) is 0 Å². The van der Waals surface area contributed by atoms with Crippen molar-refractivity contribution < 1.29 is 4.79 Å². The smallest absolute Gasteiger partial charge is 0.234 e. The third-order valence-electron chi connectivity index (χ3n) is 3.99. The molecule has 1 aliphatic carbocycles. The largest absolute Gasteiger partial charge is 0.325 e. The second kappa shape index (κ2) is 7.13. The predicted octanol–water partition coefficient (Wildman–Crippen LogP) is 3.57. The van der Waals surface area contributed by atoms with E-state index in [2.05, 4.69) is 22.2 Å². The van der Waals surface area contributed by atoms with Crippen LogP contribution in [-0.4, -0.2) is 21.6 Å². The van der Waals surface area contributed by atoms with Crippen molar-refractivity contribution in [3.05, 3.63) is 46.9 Å². The quantitative estimate of drug-likeness (QED) is 0.674. The van der Waals surface area contributed by atoms with Gasteiger partial charge in [-0.05, 0) is 50.3 Å². The zero-order valence-electron chi connectivity index (χ0n) is 13.6. The molecule has 0 aliphatic heterocycles. The van der Waals surface area contributed by atoms with Crippen LogP contribution in [0.25, 0.3) is 0 Å². The van der Waals surface area contributed by atoms with Crippen LogP contribution < -0.4 is 5.32 Å². The van der Waals surface area contributed by atoms with Crippen LogP contribution >= 0.6 is 11.8 Å². The van der Waals surface area contributed by atoms with E-state index in [0.29, 0.717) is 5.75 Å². The molecule has 1 aromatic carbocycles. The van der Waals surface area contributed by atoms with Gasteiger partial charge in [-0.25, -0.2) is 9.97 Å². The number of anilines is 1. The van der Waals surface area contributed by atoms with E-state index in [-0.39, 0.29) is 5.91 Å². The Balaban J connectivity index is 1.61. The third kappa shape index (κ3) is 3.91. The topological polar surface area (TPSA) is 54.9 Å². The molecule has 1 aliphatic rings. The number of hydrogen-bond acceptors (Lipinski definition) is 4. The van der Waals surface area contributed by atoms with E-state index in [1.165, 1.54) is 22.9 Å². The van der Waals surface area contributed by atoms with Gasteiger partial charge in [0.25, 0.3) is 0 Å². The van der Waals surface area contributed by atoms with Crippen molar-refractivity contribution in [1.82, 2.24) is 9.97 Å². The number of amides is 1. The van der Waals surface area contributed by atoms with Crippen molar-refractivity contribution >= 4 is 23.4 Å². The first-order valence-corrected chi connectivity index (χ1v) is 9.02. The summed E-state index contributed by atoms with van der Waals surface area (Å²) in [6, 6.07) is 7.99. The summed E-state index contributed by atoms with van der Waals surface area (Å²) in [6.45, 7) is 4.03. The third-order valence-corrected chi connectivity index (χ3v) is 5.01. The molecule has 23 heavy (non-hydrogen) atoms. The monoisotopic (exact) mass is 327 g/mol. The van der Waals surface area contributed by atoms with E-state index < -0.39 is 0 Å². The second-order valence-corrected chi connectivity index (χ2v) is 6.71. The second-order valence-electron chi connectivity index (χ2n) is 5.74. The first-order valence-electron chi connectivity index (χ1n) is 8.03. The van der Waals surface area contributed by atoms with E-state index in [1.807, 2.05) is 31.2 Å². The summed E-state index contributed by atoms with van der Waals surface area (Å²) >= 11 is 1.51. The molecular formula is C18H21N3OS. The molecule has 3 rings (SSSR count). The average Bonchev–Trinajstić information content (AvgIpc) is 3.01. The van der Waals surface area contributed by atoms with Gasteiger partial charge in [-0.1, -0.05) is 30.8 Å². The molecule has 0 bridgehead atoms. The van der Waals surface area contributed by atoms with Crippen molar-refractivity contribution in [1.29, 1.82) is 0 Å². The number of nitrogens with zero attached hydrogens (tertiary/aromatic N) is 2. The van der Waals surface area contributed by atoms with Gasteiger partial charge in [-0.2, -0.15) is 0 Å². The number of rotatable bonds is 5. The highest BCUT2D eigenvalue weighted by Crippen LogP contribution is 2.29. The van der Waals surface area contributed by atoms with Gasteiger partial charge in [0, 0.05) is 16.9 Å². The van der Waals surface area contributed by atoms with Crippen LogP contribution in [-0.2, 0) is 24.1 Å². The van der Waals surface area contributed by atoms with E-state index in [9.17, 15) is 4.79 Å². The summed E-state index contributed by atoms with van der Waals surface area (Å²) < 4.78 is 0. The van der Waals surface area contributed by atoms with Crippen molar-refractivity contribution in [3.8, 4) is 0 Å². The van der Waals surface area contributed by atoms with E-state index in [4.69, 9.17) is 0 Å². The standard InChI is InChI=1S/C18H21N3OS/c1-3-13-7-9-14(10-8-13)21-17(22)11-23-18-15-5-4-6-16(15)19-12(2)20-18/h7-10H,3-6,11H2,1-2H3,(H,21,22). The van der Waals surface area contributed by atoms with Crippen LogP contribution in [0.5, 0.6) is 0 Å². The van der Waals surface area contributed by atoms with Crippen molar-refractivity contribution in [2.45, 2.75) is 44.6 Å².